The summed E-state index contributed by atoms with van der Waals surface area (Å²) < 4.78 is 0. The summed E-state index contributed by atoms with van der Waals surface area (Å²) in [4.78, 5) is 24.0. The minimum atomic E-state index is -0.183. The fraction of sp³-hybridized carbons (Fsp3) is 0.167. The van der Waals surface area contributed by atoms with Gasteiger partial charge in [-0.1, -0.05) is 12.1 Å². The van der Waals surface area contributed by atoms with E-state index in [9.17, 15) is 4.79 Å². The Morgan fingerprint density at radius 3 is 2.64 bits per heavy atom. The number of aromatic nitrogens is 2. The zero-order valence-corrected chi connectivity index (χ0v) is 16.5. The molecule has 0 bridgehead atoms. The molecule has 128 valence electrons. The predicted molar refractivity (Wildman–Crippen MR) is 108 cm³/mol. The maximum Gasteiger partial charge on any atom is 0.260 e. The van der Waals surface area contributed by atoms with Crippen LogP contribution in [0.4, 0.5) is 5.69 Å². The summed E-state index contributed by atoms with van der Waals surface area (Å²) in [6.07, 6.45) is 3.93. The SMILES string of the molecule is CSc1cccc(NC(=O)c2c(C)nc(-c3cccs3)nc2SC)c1. The smallest absolute Gasteiger partial charge is 0.260 e. The van der Waals surface area contributed by atoms with Crippen molar-refractivity contribution in [3.8, 4) is 10.7 Å². The van der Waals surface area contributed by atoms with Crippen LogP contribution in [0.15, 0.2) is 51.7 Å². The predicted octanol–water partition coefficient (Wildman–Crippen LogP) is 5.21. The van der Waals surface area contributed by atoms with Gasteiger partial charge in [0.15, 0.2) is 5.82 Å². The van der Waals surface area contributed by atoms with E-state index < -0.39 is 0 Å². The van der Waals surface area contributed by atoms with Gasteiger partial charge in [-0.05, 0) is 49.1 Å². The van der Waals surface area contributed by atoms with Gasteiger partial charge in [-0.15, -0.1) is 34.9 Å². The van der Waals surface area contributed by atoms with Gasteiger partial charge >= 0.3 is 0 Å². The Balaban J connectivity index is 1.94. The molecule has 0 aliphatic rings. The number of nitrogens with one attached hydrogen (secondary N) is 1. The van der Waals surface area contributed by atoms with Crippen molar-refractivity contribution in [3.05, 3.63) is 53.0 Å². The number of carbonyl (C=O) groups excluding carboxylic acids is 1. The highest BCUT2D eigenvalue weighted by molar-refractivity contribution is 7.98. The molecule has 0 unspecified atom stereocenters. The summed E-state index contributed by atoms with van der Waals surface area (Å²) in [5.74, 6) is 0.482. The third-order valence-corrected chi connectivity index (χ3v) is 5.82. The van der Waals surface area contributed by atoms with Crippen molar-refractivity contribution in [3.63, 3.8) is 0 Å². The summed E-state index contributed by atoms with van der Waals surface area (Å²) in [7, 11) is 0. The van der Waals surface area contributed by atoms with Crippen molar-refractivity contribution in [1.82, 2.24) is 9.97 Å². The molecule has 1 aromatic carbocycles. The van der Waals surface area contributed by atoms with E-state index in [0.29, 0.717) is 22.1 Å². The molecule has 25 heavy (non-hydrogen) atoms. The number of amides is 1. The number of rotatable bonds is 5. The van der Waals surface area contributed by atoms with Gasteiger partial charge in [-0.2, -0.15) is 0 Å². The van der Waals surface area contributed by atoms with Crippen molar-refractivity contribution in [2.45, 2.75) is 16.8 Å². The third-order valence-electron chi connectivity index (χ3n) is 3.55. The maximum absolute atomic E-state index is 12.8. The number of benzene rings is 1. The largest absolute Gasteiger partial charge is 0.322 e. The molecule has 0 saturated carbocycles. The number of hydrogen-bond donors (Lipinski definition) is 1. The molecule has 0 spiro atoms. The van der Waals surface area contributed by atoms with Gasteiger partial charge in [0.25, 0.3) is 5.91 Å². The first kappa shape index (κ1) is 18.0. The Kier molecular flexibility index (Phi) is 5.78. The van der Waals surface area contributed by atoms with E-state index in [4.69, 9.17) is 0 Å². The first-order valence-electron chi connectivity index (χ1n) is 7.54. The standard InChI is InChI=1S/C18H17N3OS3/c1-11-15(17(22)20-12-6-4-7-13(10-12)23-2)18(24-3)21-16(19-11)14-8-5-9-25-14/h4-10H,1-3H3,(H,20,22). The number of thiophene rings is 1. The van der Waals surface area contributed by atoms with E-state index in [0.717, 1.165) is 15.5 Å². The quantitative estimate of drug-likeness (QED) is 0.481. The van der Waals surface area contributed by atoms with E-state index in [1.807, 2.05) is 61.2 Å². The van der Waals surface area contributed by atoms with Gasteiger partial charge in [-0.25, -0.2) is 9.97 Å². The van der Waals surface area contributed by atoms with Gasteiger partial charge in [0.2, 0.25) is 0 Å². The summed E-state index contributed by atoms with van der Waals surface area (Å²) in [6.45, 7) is 1.85. The van der Waals surface area contributed by atoms with Crippen LogP contribution in [0, 0.1) is 6.92 Å². The highest BCUT2D eigenvalue weighted by atomic mass is 32.2. The highest BCUT2D eigenvalue weighted by Gasteiger charge is 2.19. The molecule has 0 aliphatic heterocycles. The first-order valence-corrected chi connectivity index (χ1v) is 10.9. The van der Waals surface area contributed by atoms with Crippen LogP contribution in [-0.2, 0) is 0 Å². The van der Waals surface area contributed by atoms with E-state index in [2.05, 4.69) is 15.3 Å². The topological polar surface area (TPSA) is 54.9 Å². The summed E-state index contributed by atoms with van der Waals surface area (Å²) >= 11 is 4.68. The molecule has 3 rings (SSSR count). The van der Waals surface area contributed by atoms with E-state index in [-0.39, 0.29) is 5.91 Å². The van der Waals surface area contributed by atoms with Crippen molar-refractivity contribution in [2.75, 3.05) is 17.8 Å². The zero-order valence-electron chi connectivity index (χ0n) is 14.1. The summed E-state index contributed by atoms with van der Waals surface area (Å²) in [6, 6.07) is 11.7. The minimum Gasteiger partial charge on any atom is -0.322 e. The summed E-state index contributed by atoms with van der Waals surface area (Å²) in [5, 5.41) is 5.64. The van der Waals surface area contributed by atoms with Gasteiger partial charge in [0.1, 0.15) is 5.03 Å². The van der Waals surface area contributed by atoms with Crippen LogP contribution < -0.4 is 5.32 Å². The molecule has 0 atom stereocenters. The molecule has 2 heterocycles. The van der Waals surface area contributed by atoms with Crippen LogP contribution in [0.5, 0.6) is 0 Å². The molecule has 1 N–H and O–H groups in total. The maximum atomic E-state index is 12.8. The van der Waals surface area contributed by atoms with E-state index in [1.165, 1.54) is 11.8 Å². The van der Waals surface area contributed by atoms with Crippen LogP contribution in [0.25, 0.3) is 10.7 Å². The van der Waals surface area contributed by atoms with Crippen molar-refractivity contribution in [1.29, 1.82) is 0 Å². The van der Waals surface area contributed by atoms with Crippen molar-refractivity contribution < 1.29 is 4.79 Å². The van der Waals surface area contributed by atoms with Crippen molar-refractivity contribution in [2.24, 2.45) is 0 Å². The lowest BCUT2D eigenvalue weighted by atomic mass is 10.2. The summed E-state index contributed by atoms with van der Waals surface area (Å²) in [5.41, 5.74) is 1.98. The second-order valence-corrected chi connectivity index (χ2v) is 7.80. The molecular formula is C18H17N3OS3. The number of aryl methyl sites for hydroxylation is 1. The molecule has 4 nitrogen and oxygen atoms in total. The molecular weight excluding hydrogens is 370 g/mol. The monoisotopic (exact) mass is 387 g/mol. The fourth-order valence-corrected chi connectivity index (χ4v) is 4.11. The van der Waals surface area contributed by atoms with E-state index in [1.54, 1.807) is 23.1 Å². The lowest BCUT2D eigenvalue weighted by Crippen LogP contribution is -2.16. The number of carbonyl (C=O) groups is 1. The Hall–Kier alpha value is -1.83. The number of nitrogens with zero attached hydrogens (tertiary/aromatic N) is 2. The van der Waals surface area contributed by atoms with Crippen molar-refractivity contribution >= 4 is 46.5 Å². The fourth-order valence-electron chi connectivity index (χ4n) is 2.37. The Labute approximate surface area is 159 Å². The molecule has 0 saturated heterocycles. The van der Waals surface area contributed by atoms with Gasteiger partial charge in [0, 0.05) is 10.6 Å². The Morgan fingerprint density at radius 1 is 1.12 bits per heavy atom. The molecule has 7 heteroatoms. The van der Waals surface area contributed by atoms with E-state index >= 15 is 0 Å². The average Bonchev–Trinajstić information content (AvgIpc) is 3.15. The first-order chi connectivity index (χ1) is 12.1. The van der Waals surface area contributed by atoms with Crippen LogP contribution in [0.2, 0.25) is 0 Å². The zero-order chi connectivity index (χ0) is 17.8. The Bertz CT molecular complexity index is 895. The van der Waals surface area contributed by atoms with Gasteiger partial charge < -0.3 is 5.32 Å². The lowest BCUT2D eigenvalue weighted by molar-refractivity contribution is 0.102. The molecule has 0 fully saturated rings. The van der Waals surface area contributed by atoms with Gasteiger partial charge in [0.05, 0.1) is 16.1 Å². The number of anilines is 1. The molecule has 3 aromatic rings. The van der Waals surface area contributed by atoms with Crippen LogP contribution in [0.3, 0.4) is 0 Å². The average molecular weight is 388 g/mol. The minimum absolute atomic E-state index is 0.183. The van der Waals surface area contributed by atoms with Crippen LogP contribution in [0.1, 0.15) is 16.1 Å². The second-order valence-electron chi connectivity index (χ2n) is 5.18. The molecule has 0 aliphatic carbocycles. The lowest BCUT2D eigenvalue weighted by Gasteiger charge is -2.12. The highest BCUT2D eigenvalue weighted by Crippen LogP contribution is 2.28. The molecule has 0 radical (unpaired) electrons. The number of hydrogen-bond acceptors (Lipinski definition) is 6. The molecule has 1 amide bonds. The Morgan fingerprint density at radius 2 is 1.96 bits per heavy atom. The third kappa shape index (κ3) is 4.05. The second kappa shape index (κ2) is 8.03. The van der Waals surface area contributed by atoms with Gasteiger partial charge in [-0.3, -0.25) is 4.79 Å². The normalized spacial score (nSPS) is 10.7. The number of thioether (sulfide) groups is 2. The van der Waals surface area contributed by atoms with Crippen LogP contribution >= 0.6 is 34.9 Å². The van der Waals surface area contributed by atoms with Crippen LogP contribution in [-0.4, -0.2) is 28.4 Å². The molecule has 2 aromatic heterocycles.